The van der Waals surface area contributed by atoms with Gasteiger partial charge in [-0.3, -0.25) is 0 Å². The molecule has 1 aliphatic heterocycles. The molecule has 5 nitrogen and oxygen atoms in total. The molecule has 0 aliphatic carbocycles. The summed E-state index contributed by atoms with van der Waals surface area (Å²) in [6.45, 7) is 0.402. The summed E-state index contributed by atoms with van der Waals surface area (Å²) in [7, 11) is 0. The van der Waals surface area contributed by atoms with Gasteiger partial charge in [0.15, 0.2) is 0 Å². The molecule has 1 aliphatic rings. The lowest BCUT2D eigenvalue weighted by Crippen LogP contribution is -2.01. The van der Waals surface area contributed by atoms with E-state index in [2.05, 4.69) is 0 Å². The summed E-state index contributed by atoms with van der Waals surface area (Å²) >= 11 is 1.19. The summed E-state index contributed by atoms with van der Waals surface area (Å²) in [5.74, 6) is -1.48. The second kappa shape index (κ2) is 4.64. The van der Waals surface area contributed by atoms with Gasteiger partial charge in [-0.2, -0.15) is 0 Å². The van der Waals surface area contributed by atoms with Gasteiger partial charge < -0.3 is 14.9 Å². The number of hydrogen-bond acceptors (Lipinski definition) is 4. The first-order chi connectivity index (χ1) is 9.56. The van der Waals surface area contributed by atoms with Crippen LogP contribution >= 0.6 is 11.3 Å². The van der Waals surface area contributed by atoms with Crippen LogP contribution in [0.1, 0.15) is 25.6 Å². The molecule has 1 aromatic heterocycles. The van der Waals surface area contributed by atoms with E-state index in [4.69, 9.17) is 14.9 Å². The summed E-state index contributed by atoms with van der Waals surface area (Å²) in [6, 6.07) is 6.31. The predicted molar refractivity (Wildman–Crippen MR) is 72.9 cm³/mol. The number of carbonyl (C=O) groups is 2. The maximum absolute atomic E-state index is 11.1. The highest BCUT2D eigenvalue weighted by molar-refractivity contribution is 7.17. The minimum Gasteiger partial charge on any atom is -0.493 e. The van der Waals surface area contributed by atoms with E-state index in [0.717, 1.165) is 16.0 Å². The Morgan fingerprint density at radius 3 is 2.65 bits per heavy atom. The lowest BCUT2D eigenvalue weighted by Gasteiger charge is -2.07. The van der Waals surface area contributed by atoms with Crippen LogP contribution < -0.4 is 4.74 Å². The molecular formula is C14H10O5S. The van der Waals surface area contributed by atoms with Crippen LogP contribution in [0, 0.1) is 0 Å². The SMILES string of the molecule is O=C(O)c1ccc2c(c1)OCCc1cc(C(=O)O)sc1-2. The summed E-state index contributed by atoms with van der Waals surface area (Å²) in [5.41, 5.74) is 1.83. The fourth-order valence-electron chi connectivity index (χ4n) is 2.18. The zero-order chi connectivity index (χ0) is 14.3. The van der Waals surface area contributed by atoms with Crippen LogP contribution in [0.3, 0.4) is 0 Å². The average molecular weight is 290 g/mol. The molecule has 6 heteroatoms. The van der Waals surface area contributed by atoms with E-state index in [1.54, 1.807) is 12.1 Å². The van der Waals surface area contributed by atoms with Gasteiger partial charge >= 0.3 is 11.9 Å². The van der Waals surface area contributed by atoms with E-state index in [1.807, 2.05) is 0 Å². The molecule has 0 saturated heterocycles. The van der Waals surface area contributed by atoms with Gasteiger partial charge in [0.05, 0.1) is 12.2 Å². The first-order valence-electron chi connectivity index (χ1n) is 5.93. The monoisotopic (exact) mass is 290 g/mol. The van der Waals surface area contributed by atoms with E-state index < -0.39 is 11.9 Å². The van der Waals surface area contributed by atoms with E-state index in [-0.39, 0.29) is 10.4 Å². The Bertz CT molecular complexity index is 716. The van der Waals surface area contributed by atoms with Crippen LogP contribution in [0.2, 0.25) is 0 Å². The molecule has 20 heavy (non-hydrogen) atoms. The third-order valence-corrected chi connectivity index (χ3v) is 4.32. The summed E-state index contributed by atoms with van der Waals surface area (Å²) in [6.07, 6.45) is 0.607. The first kappa shape index (κ1) is 12.7. The molecular weight excluding hydrogens is 280 g/mol. The van der Waals surface area contributed by atoms with Crippen LogP contribution in [-0.2, 0) is 6.42 Å². The third-order valence-electron chi connectivity index (χ3n) is 3.12. The molecule has 2 aromatic rings. The van der Waals surface area contributed by atoms with Gasteiger partial charge in [0.25, 0.3) is 0 Å². The number of thiophene rings is 1. The van der Waals surface area contributed by atoms with Crippen LogP contribution in [0.25, 0.3) is 10.4 Å². The molecule has 1 aromatic carbocycles. The summed E-state index contributed by atoms with van der Waals surface area (Å²) in [4.78, 5) is 23.2. The number of ether oxygens (including phenoxy) is 1. The molecule has 102 valence electrons. The molecule has 0 amide bonds. The van der Waals surface area contributed by atoms with Crippen molar-refractivity contribution in [2.45, 2.75) is 6.42 Å². The van der Waals surface area contributed by atoms with Crippen LogP contribution in [-0.4, -0.2) is 28.8 Å². The Hall–Kier alpha value is -2.34. The Balaban J connectivity index is 2.16. The van der Waals surface area contributed by atoms with Crippen molar-refractivity contribution in [3.8, 4) is 16.2 Å². The minimum absolute atomic E-state index is 0.155. The van der Waals surface area contributed by atoms with Gasteiger partial charge in [-0.15, -0.1) is 11.3 Å². The molecule has 0 saturated carbocycles. The van der Waals surface area contributed by atoms with E-state index in [1.165, 1.54) is 23.5 Å². The molecule has 0 fully saturated rings. The van der Waals surface area contributed by atoms with Crippen LogP contribution in [0.5, 0.6) is 5.75 Å². The number of rotatable bonds is 2. The van der Waals surface area contributed by atoms with Gasteiger partial charge in [-0.1, -0.05) is 0 Å². The molecule has 2 heterocycles. The highest BCUT2D eigenvalue weighted by atomic mass is 32.1. The predicted octanol–water partition coefficient (Wildman–Crippen LogP) is 2.75. The fraction of sp³-hybridized carbons (Fsp3) is 0.143. The van der Waals surface area contributed by atoms with E-state index in [9.17, 15) is 9.59 Å². The maximum atomic E-state index is 11.1. The van der Waals surface area contributed by atoms with Gasteiger partial charge in [-0.05, 0) is 29.8 Å². The lowest BCUT2D eigenvalue weighted by molar-refractivity contribution is 0.0688. The fourth-order valence-corrected chi connectivity index (χ4v) is 3.26. The van der Waals surface area contributed by atoms with Gasteiger partial charge in [0.2, 0.25) is 0 Å². The largest absolute Gasteiger partial charge is 0.493 e. The van der Waals surface area contributed by atoms with Gasteiger partial charge in [0.1, 0.15) is 10.6 Å². The van der Waals surface area contributed by atoms with Crippen molar-refractivity contribution in [3.63, 3.8) is 0 Å². The Morgan fingerprint density at radius 1 is 1.15 bits per heavy atom. The average Bonchev–Trinajstić information content (AvgIpc) is 2.76. The standard InChI is InChI=1S/C14H10O5S/c15-13(16)8-1-2-9-10(5-8)19-4-3-7-6-11(14(17)18)20-12(7)9/h1-2,5-6H,3-4H2,(H,15,16)(H,17,18). The second-order valence-corrected chi connectivity index (χ2v) is 5.44. The summed E-state index contributed by atoms with van der Waals surface area (Å²) < 4.78 is 5.58. The number of hydrogen-bond donors (Lipinski definition) is 2. The Labute approximate surface area is 118 Å². The zero-order valence-electron chi connectivity index (χ0n) is 10.3. The van der Waals surface area contributed by atoms with E-state index in [0.29, 0.717) is 18.8 Å². The second-order valence-electron chi connectivity index (χ2n) is 4.38. The van der Waals surface area contributed by atoms with Crippen molar-refractivity contribution < 1.29 is 24.5 Å². The van der Waals surface area contributed by atoms with Gasteiger partial charge in [0, 0.05) is 16.9 Å². The minimum atomic E-state index is -1.02. The maximum Gasteiger partial charge on any atom is 0.345 e. The van der Waals surface area contributed by atoms with Crippen molar-refractivity contribution in [3.05, 3.63) is 40.3 Å². The normalized spacial score (nSPS) is 12.8. The number of aromatic carboxylic acids is 2. The highest BCUT2D eigenvalue weighted by Crippen LogP contribution is 2.41. The number of carboxylic acids is 2. The molecule has 0 radical (unpaired) electrons. The van der Waals surface area contributed by atoms with Crippen molar-refractivity contribution in [1.29, 1.82) is 0 Å². The van der Waals surface area contributed by atoms with Crippen molar-refractivity contribution in [2.75, 3.05) is 6.61 Å². The lowest BCUT2D eigenvalue weighted by atomic mass is 10.1. The topological polar surface area (TPSA) is 83.8 Å². The number of benzene rings is 1. The van der Waals surface area contributed by atoms with E-state index >= 15 is 0 Å². The van der Waals surface area contributed by atoms with Crippen LogP contribution in [0.15, 0.2) is 24.3 Å². The summed E-state index contributed by atoms with van der Waals surface area (Å²) in [5, 5.41) is 18.1. The van der Waals surface area contributed by atoms with Crippen molar-refractivity contribution in [1.82, 2.24) is 0 Å². The molecule has 0 spiro atoms. The van der Waals surface area contributed by atoms with Crippen molar-refractivity contribution >= 4 is 23.3 Å². The first-order valence-corrected chi connectivity index (χ1v) is 6.74. The molecule has 0 atom stereocenters. The highest BCUT2D eigenvalue weighted by Gasteiger charge is 2.21. The van der Waals surface area contributed by atoms with Gasteiger partial charge in [-0.25, -0.2) is 9.59 Å². The molecule has 0 unspecified atom stereocenters. The third kappa shape index (κ3) is 2.04. The van der Waals surface area contributed by atoms with Crippen molar-refractivity contribution in [2.24, 2.45) is 0 Å². The quantitative estimate of drug-likeness (QED) is 0.888. The molecule has 3 rings (SSSR count). The number of fused-ring (bicyclic) bond motifs is 3. The molecule has 0 bridgehead atoms. The molecule has 2 N–H and O–H groups in total. The van der Waals surface area contributed by atoms with Crippen LogP contribution in [0.4, 0.5) is 0 Å². The smallest absolute Gasteiger partial charge is 0.345 e. The Morgan fingerprint density at radius 2 is 1.95 bits per heavy atom. The zero-order valence-corrected chi connectivity index (χ0v) is 11.1. The Kier molecular flexibility index (Phi) is 2.94. The number of carboxylic acid groups (broad SMARTS) is 2.